The van der Waals surface area contributed by atoms with E-state index in [9.17, 15) is 9.59 Å². The first-order chi connectivity index (χ1) is 16.4. The van der Waals surface area contributed by atoms with Crippen molar-refractivity contribution < 1.29 is 19.1 Å². The zero-order valence-corrected chi connectivity index (χ0v) is 20.4. The van der Waals surface area contributed by atoms with Crippen molar-refractivity contribution in [2.24, 2.45) is 4.99 Å². The predicted octanol–water partition coefficient (Wildman–Crippen LogP) is 5.09. The minimum Gasteiger partial charge on any atom is -0.484 e. The largest absolute Gasteiger partial charge is 0.484 e. The van der Waals surface area contributed by atoms with E-state index in [1.165, 1.54) is 11.8 Å². The number of rotatable bonds is 7. The van der Waals surface area contributed by atoms with Crippen LogP contribution in [0.4, 0.5) is 5.69 Å². The minimum atomic E-state index is -0.374. The third-order valence-electron chi connectivity index (χ3n) is 5.76. The van der Waals surface area contributed by atoms with Crippen molar-refractivity contribution in [3.05, 3.63) is 82.0 Å². The Morgan fingerprint density at radius 1 is 1.12 bits per heavy atom. The van der Waals surface area contributed by atoms with Gasteiger partial charge in [-0.3, -0.25) is 4.79 Å². The zero-order chi connectivity index (χ0) is 24.2. The van der Waals surface area contributed by atoms with Crippen LogP contribution in [0.25, 0.3) is 0 Å². The Balaban J connectivity index is 1.47. The Kier molecular flexibility index (Phi) is 7.07. The lowest BCUT2D eigenvalue weighted by atomic mass is 9.95. The molecule has 1 amide bonds. The molecular weight excluding hydrogens is 450 g/mol. The van der Waals surface area contributed by atoms with Gasteiger partial charge in [0, 0.05) is 11.9 Å². The van der Waals surface area contributed by atoms with E-state index in [-0.39, 0.29) is 24.5 Å². The normalized spacial score (nSPS) is 16.8. The van der Waals surface area contributed by atoms with Crippen LogP contribution in [0, 0.1) is 13.8 Å². The first-order valence-corrected chi connectivity index (χ1v) is 11.9. The fourth-order valence-corrected chi connectivity index (χ4v) is 4.66. The van der Waals surface area contributed by atoms with Gasteiger partial charge in [0.15, 0.2) is 11.8 Å². The third kappa shape index (κ3) is 4.87. The molecule has 0 radical (unpaired) electrons. The summed E-state index contributed by atoms with van der Waals surface area (Å²) >= 11 is 1.51. The number of nitrogens with one attached hydrogen (secondary N) is 1. The summed E-state index contributed by atoms with van der Waals surface area (Å²) in [6, 6.07) is 12.8. The third-order valence-corrected chi connectivity index (χ3v) is 6.53. The van der Waals surface area contributed by atoms with E-state index >= 15 is 0 Å². The highest BCUT2D eigenvalue weighted by Gasteiger charge is 2.37. The Bertz CT molecular complexity index is 1200. The number of nitrogens with zero attached hydrogens (tertiary/aromatic N) is 2. The van der Waals surface area contributed by atoms with Crippen molar-refractivity contribution >= 4 is 34.5 Å². The summed E-state index contributed by atoms with van der Waals surface area (Å²) in [6.07, 6.45) is 1.92. The number of aryl methyl sites for hydroxylation is 1. The molecule has 1 N–H and O–H groups in total. The SMILES string of the molecule is CCOC(=O)C1=C(C)N=C2SC=CN2[C@H]1c1ccc(OCC(=O)Nc2cccc(C)c2C)cc1. The average Bonchev–Trinajstić information content (AvgIpc) is 3.28. The van der Waals surface area contributed by atoms with E-state index in [0.717, 1.165) is 27.5 Å². The molecule has 8 heteroatoms. The first-order valence-electron chi connectivity index (χ1n) is 11.1. The molecule has 34 heavy (non-hydrogen) atoms. The fraction of sp³-hybridized carbons (Fsp3) is 0.269. The number of thioether (sulfide) groups is 1. The van der Waals surface area contributed by atoms with Crippen molar-refractivity contribution in [3.8, 4) is 5.75 Å². The number of aliphatic imine (C=N–C) groups is 1. The summed E-state index contributed by atoms with van der Waals surface area (Å²) in [5, 5.41) is 5.66. The summed E-state index contributed by atoms with van der Waals surface area (Å²) in [5.41, 5.74) is 4.99. The maximum Gasteiger partial charge on any atom is 0.338 e. The number of anilines is 1. The fourth-order valence-electron chi connectivity index (χ4n) is 3.87. The monoisotopic (exact) mass is 477 g/mol. The molecule has 2 aliphatic rings. The maximum atomic E-state index is 12.7. The Hall–Kier alpha value is -3.52. The number of hydrogen-bond donors (Lipinski definition) is 1. The van der Waals surface area contributed by atoms with Gasteiger partial charge in [-0.1, -0.05) is 36.0 Å². The van der Waals surface area contributed by atoms with Gasteiger partial charge in [0.2, 0.25) is 0 Å². The number of fused-ring (bicyclic) bond motifs is 1. The number of carbonyl (C=O) groups is 2. The van der Waals surface area contributed by atoms with Crippen molar-refractivity contribution in [2.45, 2.75) is 33.7 Å². The van der Waals surface area contributed by atoms with Crippen LogP contribution in [0.3, 0.4) is 0 Å². The van der Waals surface area contributed by atoms with E-state index < -0.39 is 0 Å². The highest BCUT2D eigenvalue weighted by atomic mass is 32.2. The van der Waals surface area contributed by atoms with Gasteiger partial charge < -0.3 is 19.7 Å². The van der Waals surface area contributed by atoms with E-state index in [2.05, 4.69) is 10.3 Å². The lowest BCUT2D eigenvalue weighted by Crippen LogP contribution is -2.34. The van der Waals surface area contributed by atoms with Gasteiger partial charge in [-0.15, -0.1) is 0 Å². The molecule has 0 saturated carbocycles. The molecule has 0 spiro atoms. The van der Waals surface area contributed by atoms with E-state index in [1.54, 1.807) is 19.1 Å². The highest BCUT2D eigenvalue weighted by molar-refractivity contribution is 8.16. The summed E-state index contributed by atoms with van der Waals surface area (Å²) in [5.74, 6) is -0.0378. The minimum absolute atomic E-state index is 0.106. The Morgan fingerprint density at radius 3 is 2.62 bits per heavy atom. The second kappa shape index (κ2) is 10.2. The molecule has 176 valence electrons. The highest BCUT2D eigenvalue weighted by Crippen LogP contribution is 2.41. The summed E-state index contributed by atoms with van der Waals surface area (Å²) < 4.78 is 11.0. The van der Waals surface area contributed by atoms with Gasteiger partial charge in [-0.25, -0.2) is 9.79 Å². The molecule has 1 atom stereocenters. The lowest BCUT2D eigenvalue weighted by molar-refractivity contribution is -0.139. The summed E-state index contributed by atoms with van der Waals surface area (Å²) in [7, 11) is 0. The first kappa shape index (κ1) is 23.6. The number of hydrogen-bond acceptors (Lipinski definition) is 7. The summed E-state index contributed by atoms with van der Waals surface area (Å²) in [4.78, 5) is 31.7. The molecule has 2 aliphatic heterocycles. The Labute approximate surface area is 203 Å². The van der Waals surface area contributed by atoms with Crippen LogP contribution in [0.2, 0.25) is 0 Å². The van der Waals surface area contributed by atoms with Gasteiger partial charge in [-0.05, 0) is 68.0 Å². The number of benzene rings is 2. The number of ether oxygens (including phenoxy) is 2. The second-order valence-corrected chi connectivity index (χ2v) is 8.85. The van der Waals surface area contributed by atoms with Crippen LogP contribution in [-0.4, -0.2) is 35.2 Å². The quantitative estimate of drug-likeness (QED) is 0.560. The van der Waals surface area contributed by atoms with E-state index in [4.69, 9.17) is 9.47 Å². The maximum absolute atomic E-state index is 12.7. The van der Waals surface area contributed by atoms with E-state index in [0.29, 0.717) is 23.6 Å². The average molecular weight is 478 g/mol. The number of amides is 1. The topological polar surface area (TPSA) is 80.2 Å². The van der Waals surface area contributed by atoms with Gasteiger partial charge in [0.25, 0.3) is 5.91 Å². The molecule has 0 saturated heterocycles. The van der Waals surface area contributed by atoms with Gasteiger partial charge in [-0.2, -0.15) is 0 Å². The lowest BCUT2D eigenvalue weighted by Gasteiger charge is -2.33. The molecule has 0 bridgehead atoms. The van der Waals surface area contributed by atoms with E-state index in [1.807, 2.05) is 67.6 Å². The number of allylic oxidation sites excluding steroid dienone is 1. The Morgan fingerprint density at radius 2 is 1.88 bits per heavy atom. The summed E-state index contributed by atoms with van der Waals surface area (Å²) in [6.45, 7) is 7.78. The molecule has 2 aromatic rings. The molecule has 0 unspecified atom stereocenters. The number of carbonyl (C=O) groups excluding carboxylic acids is 2. The van der Waals surface area contributed by atoms with Crippen LogP contribution in [0.5, 0.6) is 5.75 Å². The van der Waals surface area contributed by atoms with Gasteiger partial charge in [0.1, 0.15) is 5.75 Å². The number of esters is 1. The second-order valence-electron chi connectivity index (χ2n) is 7.98. The van der Waals surface area contributed by atoms with Crippen molar-refractivity contribution in [2.75, 3.05) is 18.5 Å². The van der Waals surface area contributed by atoms with Crippen LogP contribution in [0.15, 0.2) is 70.3 Å². The van der Waals surface area contributed by atoms with Crippen LogP contribution in [-0.2, 0) is 14.3 Å². The molecule has 2 aromatic carbocycles. The molecule has 7 nitrogen and oxygen atoms in total. The van der Waals surface area contributed by atoms with Gasteiger partial charge >= 0.3 is 5.97 Å². The number of amidine groups is 1. The van der Waals surface area contributed by atoms with Crippen LogP contribution in [0.1, 0.15) is 36.6 Å². The molecule has 2 heterocycles. The van der Waals surface area contributed by atoms with Crippen LogP contribution < -0.4 is 10.1 Å². The van der Waals surface area contributed by atoms with Crippen molar-refractivity contribution in [1.82, 2.24) is 4.90 Å². The zero-order valence-electron chi connectivity index (χ0n) is 19.6. The molecule has 0 aromatic heterocycles. The van der Waals surface area contributed by atoms with Gasteiger partial charge in [0.05, 0.1) is 23.9 Å². The van der Waals surface area contributed by atoms with Crippen LogP contribution >= 0.6 is 11.8 Å². The molecule has 0 fully saturated rings. The molecular formula is C26H27N3O4S. The smallest absolute Gasteiger partial charge is 0.338 e. The van der Waals surface area contributed by atoms with Crippen molar-refractivity contribution in [1.29, 1.82) is 0 Å². The predicted molar refractivity (Wildman–Crippen MR) is 135 cm³/mol. The molecule has 0 aliphatic carbocycles. The molecule has 4 rings (SSSR count). The standard InChI is InChI=1S/C26H27N3O4S/c1-5-32-25(31)23-18(4)27-26-29(13-14-34-26)24(23)19-9-11-20(12-10-19)33-15-22(30)28-21-8-6-7-16(2)17(21)3/h6-14,24H,5,15H2,1-4H3,(H,28,30)/t24-/m0/s1. The van der Waals surface area contributed by atoms with Crippen molar-refractivity contribution in [3.63, 3.8) is 0 Å².